The molecule has 5 aliphatic rings. The zero-order valence-corrected chi connectivity index (χ0v) is 20.5. The van der Waals surface area contributed by atoms with Gasteiger partial charge in [0.25, 0.3) is 5.91 Å². The summed E-state index contributed by atoms with van der Waals surface area (Å²) < 4.78 is 5.70. The average Bonchev–Trinajstić information content (AvgIpc) is 3.58. The van der Waals surface area contributed by atoms with Gasteiger partial charge in [-0.15, -0.1) is 0 Å². The topological polar surface area (TPSA) is 102 Å². The lowest BCUT2D eigenvalue weighted by molar-refractivity contribution is -0.136. The van der Waals surface area contributed by atoms with Crippen molar-refractivity contribution < 1.29 is 23.9 Å². The number of piperidine rings is 1. The third-order valence-electron chi connectivity index (χ3n) is 8.53. The summed E-state index contributed by atoms with van der Waals surface area (Å²) in [6.45, 7) is 4.54. The number of piperazine rings is 1. The van der Waals surface area contributed by atoms with Crippen molar-refractivity contribution >= 4 is 29.5 Å². The summed E-state index contributed by atoms with van der Waals surface area (Å²) >= 11 is 0. The van der Waals surface area contributed by atoms with Crippen molar-refractivity contribution in [1.82, 2.24) is 20.0 Å². The number of rotatable bonds is 4. The van der Waals surface area contributed by atoms with E-state index in [-0.39, 0.29) is 24.3 Å². The molecule has 192 valence electrons. The number of imide groups is 1. The number of fused-ring (bicyclic) bond motifs is 2. The van der Waals surface area contributed by atoms with Crippen LogP contribution in [0, 0.1) is 0 Å². The maximum Gasteiger partial charge on any atom is 0.409 e. The number of benzene rings is 1. The molecule has 10 heteroatoms. The van der Waals surface area contributed by atoms with Crippen LogP contribution in [0.4, 0.5) is 10.5 Å². The molecule has 0 radical (unpaired) electrons. The first-order valence-corrected chi connectivity index (χ1v) is 13.2. The Morgan fingerprint density at radius 2 is 1.83 bits per heavy atom. The number of nitrogens with zero attached hydrogens (tertiary/aromatic N) is 4. The van der Waals surface area contributed by atoms with Crippen LogP contribution in [-0.2, 0) is 20.9 Å². The highest BCUT2D eigenvalue weighted by atomic mass is 16.6. The van der Waals surface area contributed by atoms with E-state index in [1.54, 1.807) is 9.80 Å². The molecule has 6 rings (SSSR count). The fourth-order valence-electron chi connectivity index (χ4n) is 6.54. The summed E-state index contributed by atoms with van der Waals surface area (Å²) in [5.74, 6) is -0.852. The van der Waals surface area contributed by atoms with Gasteiger partial charge in [0, 0.05) is 62.5 Å². The standard InChI is InChI=1S/C26H33N5O5/c32-23-8-7-22(24(33)27-23)31-15-17-14-19(5-6-21(17)25(31)34)28-10-12-29(13-11-28)26(35)36-16-20-4-3-18-2-1-9-30(18)20/h5-6,14,18,20,22H,1-4,7-13,15-16H2,(H,27,32,33). The van der Waals surface area contributed by atoms with Crippen LogP contribution in [0.3, 0.4) is 0 Å². The zero-order chi connectivity index (χ0) is 24.8. The van der Waals surface area contributed by atoms with Gasteiger partial charge in [-0.25, -0.2) is 4.79 Å². The van der Waals surface area contributed by atoms with E-state index in [9.17, 15) is 19.2 Å². The van der Waals surface area contributed by atoms with Gasteiger partial charge in [0.1, 0.15) is 12.6 Å². The van der Waals surface area contributed by atoms with Crippen molar-refractivity contribution in [3.63, 3.8) is 0 Å². The Balaban J connectivity index is 1.02. The van der Waals surface area contributed by atoms with Crippen LogP contribution in [-0.4, -0.2) is 96.0 Å². The largest absolute Gasteiger partial charge is 0.448 e. The van der Waals surface area contributed by atoms with E-state index in [4.69, 9.17) is 4.74 Å². The fourth-order valence-corrected chi connectivity index (χ4v) is 6.54. The zero-order valence-electron chi connectivity index (χ0n) is 20.5. The summed E-state index contributed by atoms with van der Waals surface area (Å²) in [4.78, 5) is 57.5. The van der Waals surface area contributed by atoms with E-state index in [0.29, 0.717) is 63.4 Å². The summed E-state index contributed by atoms with van der Waals surface area (Å²) in [6.07, 6.45) is 5.24. The van der Waals surface area contributed by atoms with Gasteiger partial charge in [-0.2, -0.15) is 0 Å². The van der Waals surface area contributed by atoms with Crippen molar-refractivity contribution in [2.75, 3.05) is 44.2 Å². The minimum Gasteiger partial charge on any atom is -0.448 e. The molecule has 4 amide bonds. The van der Waals surface area contributed by atoms with Gasteiger partial charge in [0.15, 0.2) is 0 Å². The molecule has 0 aliphatic carbocycles. The molecule has 3 atom stereocenters. The maximum absolute atomic E-state index is 12.9. The van der Waals surface area contributed by atoms with Crippen molar-refractivity contribution in [2.24, 2.45) is 0 Å². The monoisotopic (exact) mass is 495 g/mol. The molecule has 36 heavy (non-hydrogen) atoms. The normalized spacial score (nSPS) is 28.4. The van der Waals surface area contributed by atoms with Crippen molar-refractivity contribution in [2.45, 2.75) is 63.2 Å². The lowest BCUT2D eigenvalue weighted by Gasteiger charge is -2.36. The molecule has 5 aliphatic heterocycles. The first-order valence-electron chi connectivity index (χ1n) is 13.2. The second kappa shape index (κ2) is 9.38. The Bertz CT molecular complexity index is 1080. The molecule has 4 saturated heterocycles. The van der Waals surface area contributed by atoms with Crippen molar-refractivity contribution in [3.8, 4) is 0 Å². The Hall–Kier alpha value is -3.14. The van der Waals surface area contributed by atoms with Crippen LogP contribution in [0.5, 0.6) is 0 Å². The van der Waals surface area contributed by atoms with Gasteiger partial charge in [0.05, 0.1) is 0 Å². The Morgan fingerprint density at radius 1 is 1.00 bits per heavy atom. The number of carbonyl (C=O) groups is 4. The number of hydrogen-bond acceptors (Lipinski definition) is 7. The molecule has 0 spiro atoms. The molecule has 0 bridgehead atoms. The van der Waals surface area contributed by atoms with E-state index in [1.165, 1.54) is 19.3 Å². The summed E-state index contributed by atoms with van der Waals surface area (Å²) in [7, 11) is 0. The molecule has 1 aromatic carbocycles. The molecule has 4 fully saturated rings. The molecule has 10 nitrogen and oxygen atoms in total. The van der Waals surface area contributed by atoms with E-state index < -0.39 is 11.9 Å². The van der Waals surface area contributed by atoms with Gasteiger partial charge in [0.2, 0.25) is 11.8 Å². The highest BCUT2D eigenvalue weighted by Crippen LogP contribution is 2.33. The van der Waals surface area contributed by atoms with E-state index in [0.717, 1.165) is 24.2 Å². The van der Waals surface area contributed by atoms with Crippen molar-refractivity contribution in [1.29, 1.82) is 0 Å². The summed E-state index contributed by atoms with van der Waals surface area (Å²) in [5.41, 5.74) is 2.50. The van der Waals surface area contributed by atoms with Gasteiger partial charge < -0.3 is 19.4 Å². The van der Waals surface area contributed by atoms with E-state index in [2.05, 4.69) is 15.1 Å². The highest BCUT2D eigenvalue weighted by molar-refractivity contribution is 6.05. The van der Waals surface area contributed by atoms with E-state index >= 15 is 0 Å². The molecule has 0 aromatic heterocycles. The number of amides is 4. The van der Waals surface area contributed by atoms with Crippen LogP contribution in [0.1, 0.15) is 54.4 Å². The summed E-state index contributed by atoms with van der Waals surface area (Å²) in [5, 5.41) is 2.34. The predicted molar refractivity (Wildman–Crippen MR) is 130 cm³/mol. The number of hydrogen-bond donors (Lipinski definition) is 1. The second-order valence-electron chi connectivity index (χ2n) is 10.6. The minimum absolute atomic E-state index is 0.166. The quantitative estimate of drug-likeness (QED) is 0.629. The Kier molecular flexibility index (Phi) is 6.07. The van der Waals surface area contributed by atoms with Crippen molar-refractivity contribution in [3.05, 3.63) is 29.3 Å². The third-order valence-corrected chi connectivity index (χ3v) is 8.53. The number of anilines is 1. The average molecular weight is 496 g/mol. The lowest BCUT2D eigenvalue weighted by Crippen LogP contribution is -2.52. The van der Waals surface area contributed by atoms with E-state index in [1.807, 2.05) is 18.2 Å². The second-order valence-corrected chi connectivity index (χ2v) is 10.6. The molecule has 5 heterocycles. The maximum atomic E-state index is 12.9. The fraction of sp³-hybridized carbons (Fsp3) is 0.615. The van der Waals surface area contributed by atoms with Crippen LogP contribution in [0.2, 0.25) is 0 Å². The highest BCUT2D eigenvalue weighted by Gasteiger charge is 2.40. The summed E-state index contributed by atoms with van der Waals surface area (Å²) in [6, 6.07) is 6.23. The SMILES string of the molecule is O=C1CCC(N2Cc3cc(N4CCN(C(=O)OCC5CCC6CCCN65)CC4)ccc3C2=O)C(=O)N1. The Morgan fingerprint density at radius 3 is 2.64 bits per heavy atom. The van der Waals surface area contributed by atoms with Crippen LogP contribution >= 0.6 is 0 Å². The minimum atomic E-state index is -0.610. The smallest absolute Gasteiger partial charge is 0.409 e. The Labute approximate surface area is 210 Å². The lowest BCUT2D eigenvalue weighted by atomic mass is 10.0. The molecule has 0 saturated carbocycles. The van der Waals surface area contributed by atoms with Gasteiger partial charge in [-0.3, -0.25) is 24.6 Å². The first kappa shape index (κ1) is 23.3. The number of nitrogens with one attached hydrogen (secondary N) is 1. The number of carbonyl (C=O) groups excluding carboxylic acids is 4. The van der Waals surface area contributed by atoms with Gasteiger partial charge in [-0.05, 0) is 62.4 Å². The van der Waals surface area contributed by atoms with Crippen LogP contribution in [0.25, 0.3) is 0 Å². The molecular weight excluding hydrogens is 462 g/mol. The van der Waals surface area contributed by atoms with Crippen LogP contribution in [0.15, 0.2) is 18.2 Å². The van der Waals surface area contributed by atoms with Crippen LogP contribution < -0.4 is 10.2 Å². The third kappa shape index (κ3) is 4.21. The first-order chi connectivity index (χ1) is 17.5. The molecular formula is C26H33N5O5. The molecule has 3 unspecified atom stereocenters. The molecule has 1 aromatic rings. The predicted octanol–water partition coefficient (Wildman–Crippen LogP) is 1.33. The number of ether oxygens (including phenoxy) is 1. The van der Waals surface area contributed by atoms with Gasteiger partial charge in [-0.1, -0.05) is 0 Å². The molecule has 1 N–H and O–H groups in total. The van der Waals surface area contributed by atoms with Gasteiger partial charge >= 0.3 is 6.09 Å².